The van der Waals surface area contributed by atoms with Crippen LogP contribution in [0.15, 0.2) is 54.6 Å². The van der Waals surface area contributed by atoms with Crippen molar-refractivity contribution in [1.82, 2.24) is 0 Å². The lowest BCUT2D eigenvalue weighted by molar-refractivity contribution is -0.158. The van der Waals surface area contributed by atoms with Gasteiger partial charge in [0.25, 0.3) is 0 Å². The van der Waals surface area contributed by atoms with Crippen LogP contribution in [-0.4, -0.2) is 24.0 Å². The zero-order chi connectivity index (χ0) is 19.2. The van der Waals surface area contributed by atoms with Crippen LogP contribution in [0, 0.1) is 0 Å². The second-order valence-corrected chi connectivity index (χ2v) is 6.54. The van der Waals surface area contributed by atoms with Gasteiger partial charge in [0.15, 0.2) is 11.4 Å². The van der Waals surface area contributed by atoms with Gasteiger partial charge in [0, 0.05) is 10.6 Å². The summed E-state index contributed by atoms with van der Waals surface area (Å²) in [5, 5.41) is 0.648. The minimum atomic E-state index is -1.10. The molecule has 0 N–H and O–H groups in total. The number of halogens is 1. The third-order valence-electron chi connectivity index (χ3n) is 3.58. The van der Waals surface area contributed by atoms with Crippen molar-refractivity contribution in [3.63, 3.8) is 0 Å². The van der Waals surface area contributed by atoms with Crippen molar-refractivity contribution in [2.45, 2.75) is 26.4 Å². The van der Waals surface area contributed by atoms with Gasteiger partial charge in [-0.1, -0.05) is 29.8 Å². The van der Waals surface area contributed by atoms with E-state index in [9.17, 15) is 9.59 Å². The average molecular weight is 373 g/mol. The van der Waals surface area contributed by atoms with Gasteiger partial charge >= 0.3 is 5.97 Å². The van der Waals surface area contributed by atoms with Gasteiger partial charge in [-0.05, 0) is 68.8 Å². The molecule has 0 aliphatic heterocycles. The van der Waals surface area contributed by atoms with Crippen molar-refractivity contribution >= 4 is 29.4 Å². The van der Waals surface area contributed by atoms with Crippen molar-refractivity contribution in [2.24, 2.45) is 0 Å². The van der Waals surface area contributed by atoms with Crippen LogP contribution in [0.3, 0.4) is 0 Å². The molecule has 0 radical (unpaired) electrons. The first-order valence-electron chi connectivity index (χ1n) is 8.26. The van der Waals surface area contributed by atoms with Gasteiger partial charge in [0.05, 0.1) is 6.61 Å². The van der Waals surface area contributed by atoms with E-state index in [0.29, 0.717) is 22.9 Å². The molecule has 2 rings (SSSR count). The normalized spacial score (nSPS) is 11.4. The number of hydrogen-bond acceptors (Lipinski definition) is 4. The topological polar surface area (TPSA) is 52.6 Å². The molecule has 0 fully saturated rings. The summed E-state index contributed by atoms with van der Waals surface area (Å²) in [6.07, 6.45) is 3.23. The molecule has 136 valence electrons. The third-order valence-corrected chi connectivity index (χ3v) is 3.83. The third kappa shape index (κ3) is 5.46. The summed E-state index contributed by atoms with van der Waals surface area (Å²) in [4.78, 5) is 24.1. The zero-order valence-electron chi connectivity index (χ0n) is 15.0. The molecule has 0 spiro atoms. The van der Waals surface area contributed by atoms with E-state index in [4.69, 9.17) is 21.1 Å². The Kier molecular flexibility index (Phi) is 6.58. The van der Waals surface area contributed by atoms with Gasteiger partial charge in [-0.25, -0.2) is 4.79 Å². The Labute approximate surface area is 158 Å². The lowest BCUT2D eigenvalue weighted by Crippen LogP contribution is -2.39. The minimum Gasteiger partial charge on any atom is -0.476 e. The molecule has 0 bridgehead atoms. The Morgan fingerprint density at radius 3 is 2.23 bits per heavy atom. The number of ketones is 1. The average Bonchev–Trinajstić information content (AvgIpc) is 2.61. The van der Waals surface area contributed by atoms with E-state index in [1.54, 1.807) is 63.2 Å². The SMILES string of the molecule is CCOC(=O)C(C)(C)Oc1ccc(C(=O)/C=C/c2ccc(Cl)cc2)cc1. The number of carbonyl (C=O) groups is 2. The summed E-state index contributed by atoms with van der Waals surface area (Å²) in [6.45, 7) is 5.31. The highest BCUT2D eigenvalue weighted by atomic mass is 35.5. The van der Waals surface area contributed by atoms with Gasteiger partial charge in [-0.3, -0.25) is 4.79 Å². The van der Waals surface area contributed by atoms with Crippen molar-refractivity contribution in [1.29, 1.82) is 0 Å². The van der Waals surface area contributed by atoms with E-state index in [2.05, 4.69) is 0 Å². The lowest BCUT2D eigenvalue weighted by Gasteiger charge is -2.24. The van der Waals surface area contributed by atoms with Gasteiger partial charge in [0.1, 0.15) is 5.75 Å². The summed E-state index contributed by atoms with van der Waals surface area (Å²) < 4.78 is 10.7. The highest BCUT2D eigenvalue weighted by Gasteiger charge is 2.31. The van der Waals surface area contributed by atoms with Crippen molar-refractivity contribution in [2.75, 3.05) is 6.61 Å². The first kappa shape index (κ1) is 19.7. The largest absolute Gasteiger partial charge is 0.476 e. The van der Waals surface area contributed by atoms with Crippen LogP contribution in [0.25, 0.3) is 6.08 Å². The molecule has 0 aliphatic carbocycles. The van der Waals surface area contributed by atoms with E-state index >= 15 is 0 Å². The predicted octanol–water partition coefficient (Wildman–Crippen LogP) is 4.96. The molecule has 4 nitrogen and oxygen atoms in total. The molecule has 2 aromatic carbocycles. The second-order valence-electron chi connectivity index (χ2n) is 6.11. The minimum absolute atomic E-state index is 0.129. The summed E-state index contributed by atoms with van der Waals surface area (Å²) in [6, 6.07) is 13.8. The van der Waals surface area contributed by atoms with Crippen LogP contribution in [0.4, 0.5) is 0 Å². The standard InChI is InChI=1S/C21H21ClO4/c1-4-25-20(24)21(2,3)26-18-12-8-16(9-13-18)19(23)14-7-15-5-10-17(22)11-6-15/h5-14H,4H2,1-3H3/b14-7+. The van der Waals surface area contributed by atoms with E-state index < -0.39 is 11.6 Å². The van der Waals surface area contributed by atoms with Gasteiger partial charge in [-0.15, -0.1) is 0 Å². The molecule has 0 unspecified atom stereocenters. The number of hydrogen-bond donors (Lipinski definition) is 0. The quantitative estimate of drug-likeness (QED) is 0.391. The van der Waals surface area contributed by atoms with Crippen molar-refractivity contribution < 1.29 is 19.1 Å². The number of ether oxygens (including phenoxy) is 2. The lowest BCUT2D eigenvalue weighted by atomic mass is 10.1. The number of rotatable bonds is 7. The number of esters is 1. The van der Waals surface area contributed by atoms with Crippen LogP contribution in [0.5, 0.6) is 5.75 Å². The molecule has 0 saturated carbocycles. The molecule has 26 heavy (non-hydrogen) atoms. The molecule has 0 atom stereocenters. The maximum absolute atomic E-state index is 12.2. The molecule has 0 saturated heterocycles. The van der Waals surface area contributed by atoms with Gasteiger partial charge < -0.3 is 9.47 Å². The Morgan fingerprint density at radius 1 is 1.04 bits per heavy atom. The van der Waals surface area contributed by atoms with E-state index in [-0.39, 0.29) is 5.78 Å². The summed E-state index contributed by atoms with van der Waals surface area (Å²) in [5.74, 6) is -0.0801. The second kappa shape index (κ2) is 8.68. The van der Waals surface area contributed by atoms with E-state index in [1.807, 2.05) is 12.1 Å². The molecule has 0 heterocycles. The fourth-order valence-electron chi connectivity index (χ4n) is 2.17. The van der Waals surface area contributed by atoms with Crippen molar-refractivity contribution in [3.8, 4) is 5.75 Å². The Balaban J connectivity index is 2.03. The van der Waals surface area contributed by atoms with E-state index in [0.717, 1.165) is 5.56 Å². The molecular weight excluding hydrogens is 352 g/mol. The number of benzene rings is 2. The van der Waals surface area contributed by atoms with Crippen LogP contribution in [0.2, 0.25) is 5.02 Å². The summed E-state index contributed by atoms with van der Waals surface area (Å²) >= 11 is 5.84. The Hall–Kier alpha value is -2.59. The molecule has 2 aromatic rings. The highest BCUT2D eigenvalue weighted by Crippen LogP contribution is 2.21. The Bertz CT molecular complexity index is 790. The highest BCUT2D eigenvalue weighted by molar-refractivity contribution is 6.30. The number of carbonyl (C=O) groups excluding carboxylic acids is 2. The summed E-state index contributed by atoms with van der Waals surface area (Å²) in [5.41, 5.74) is 0.311. The zero-order valence-corrected chi connectivity index (χ0v) is 15.7. The van der Waals surface area contributed by atoms with Crippen LogP contribution >= 0.6 is 11.6 Å². The molecule has 0 aromatic heterocycles. The maximum Gasteiger partial charge on any atom is 0.349 e. The van der Waals surface area contributed by atoms with Gasteiger partial charge in [0.2, 0.25) is 0 Å². The van der Waals surface area contributed by atoms with Crippen LogP contribution in [0.1, 0.15) is 36.7 Å². The first-order valence-corrected chi connectivity index (χ1v) is 8.64. The molecule has 0 aliphatic rings. The smallest absolute Gasteiger partial charge is 0.349 e. The predicted molar refractivity (Wildman–Crippen MR) is 103 cm³/mol. The number of allylic oxidation sites excluding steroid dienone is 1. The fourth-order valence-corrected chi connectivity index (χ4v) is 2.30. The fraction of sp³-hybridized carbons (Fsp3) is 0.238. The maximum atomic E-state index is 12.2. The van der Waals surface area contributed by atoms with Gasteiger partial charge in [-0.2, -0.15) is 0 Å². The Morgan fingerprint density at radius 2 is 1.65 bits per heavy atom. The molecule has 0 amide bonds. The van der Waals surface area contributed by atoms with Crippen LogP contribution in [-0.2, 0) is 9.53 Å². The molecular formula is C21H21ClO4. The summed E-state index contributed by atoms with van der Waals surface area (Å²) in [7, 11) is 0. The first-order chi connectivity index (χ1) is 12.3. The van der Waals surface area contributed by atoms with Crippen molar-refractivity contribution in [3.05, 3.63) is 70.8 Å². The molecule has 5 heteroatoms. The monoisotopic (exact) mass is 372 g/mol. The van der Waals surface area contributed by atoms with E-state index in [1.165, 1.54) is 6.08 Å². The van der Waals surface area contributed by atoms with Crippen LogP contribution < -0.4 is 4.74 Å².